The van der Waals surface area contributed by atoms with Crippen molar-refractivity contribution in [3.63, 3.8) is 0 Å². The number of ether oxygens (including phenoxy) is 1. The Morgan fingerprint density at radius 1 is 1.38 bits per heavy atom. The molecule has 0 fully saturated rings. The summed E-state index contributed by atoms with van der Waals surface area (Å²) < 4.78 is 5.69. The molecule has 0 saturated heterocycles. The maximum absolute atomic E-state index is 11.6. The minimum absolute atomic E-state index is 0.128. The van der Waals surface area contributed by atoms with Crippen molar-refractivity contribution in [1.82, 2.24) is 5.32 Å². The summed E-state index contributed by atoms with van der Waals surface area (Å²) in [6.45, 7) is 1.89. The normalized spacial score (nSPS) is 17.3. The van der Waals surface area contributed by atoms with Gasteiger partial charge in [0.15, 0.2) is 0 Å². The van der Waals surface area contributed by atoms with E-state index in [0.717, 1.165) is 30.4 Å². The molecule has 1 aliphatic carbocycles. The molecule has 2 aromatic carbocycles. The van der Waals surface area contributed by atoms with Gasteiger partial charge in [-0.05, 0) is 30.2 Å². The fourth-order valence-electron chi connectivity index (χ4n) is 3.22. The van der Waals surface area contributed by atoms with Crippen molar-refractivity contribution in [3.8, 4) is 5.75 Å². The van der Waals surface area contributed by atoms with Crippen molar-refractivity contribution >= 4 is 16.7 Å². The number of aryl methyl sites for hydroxylation is 1. The number of hydrogen-bond acceptors (Lipinski definition) is 2. The number of fused-ring (bicyclic) bond motifs is 2. The largest absolute Gasteiger partial charge is 0.496 e. The van der Waals surface area contributed by atoms with Crippen molar-refractivity contribution in [2.75, 3.05) is 7.11 Å². The van der Waals surface area contributed by atoms with Crippen molar-refractivity contribution in [2.45, 2.75) is 38.6 Å². The van der Waals surface area contributed by atoms with Crippen LogP contribution in [0.25, 0.3) is 10.8 Å². The maximum Gasteiger partial charge on any atom is 0.219 e. The Morgan fingerprint density at radius 2 is 2.19 bits per heavy atom. The Bertz CT molecular complexity index is 678. The third-order valence-electron chi connectivity index (χ3n) is 4.30. The molecule has 1 amide bonds. The molecule has 110 valence electrons. The highest BCUT2D eigenvalue weighted by Gasteiger charge is 2.24. The quantitative estimate of drug-likeness (QED) is 0.939. The van der Waals surface area contributed by atoms with Crippen molar-refractivity contribution in [3.05, 3.63) is 41.5 Å². The fourth-order valence-corrected chi connectivity index (χ4v) is 3.22. The van der Waals surface area contributed by atoms with Gasteiger partial charge in [-0.15, -0.1) is 0 Å². The standard InChI is InChI=1S/C18H21NO2/c1-3-17(20)19-14-9-8-13-10-12-6-4-5-7-15(12)18(21-2)16(13)11-14/h4-7,10,14H,3,8-9,11H2,1-2H3,(H,19,20). The van der Waals surface area contributed by atoms with E-state index >= 15 is 0 Å². The van der Waals surface area contributed by atoms with Crippen LogP contribution < -0.4 is 10.1 Å². The van der Waals surface area contributed by atoms with E-state index in [4.69, 9.17) is 4.74 Å². The van der Waals surface area contributed by atoms with Crippen LogP contribution in [0.2, 0.25) is 0 Å². The van der Waals surface area contributed by atoms with Crippen LogP contribution in [0.4, 0.5) is 0 Å². The predicted molar refractivity (Wildman–Crippen MR) is 84.7 cm³/mol. The minimum Gasteiger partial charge on any atom is -0.496 e. The zero-order valence-corrected chi connectivity index (χ0v) is 12.6. The van der Waals surface area contributed by atoms with E-state index in [1.807, 2.05) is 13.0 Å². The lowest BCUT2D eigenvalue weighted by atomic mass is 9.85. The molecular weight excluding hydrogens is 262 g/mol. The Morgan fingerprint density at radius 3 is 2.95 bits per heavy atom. The molecule has 0 bridgehead atoms. The van der Waals surface area contributed by atoms with Crippen LogP contribution in [0.15, 0.2) is 30.3 Å². The zero-order chi connectivity index (χ0) is 14.8. The number of carbonyl (C=O) groups is 1. The van der Waals surface area contributed by atoms with E-state index in [9.17, 15) is 4.79 Å². The third-order valence-corrected chi connectivity index (χ3v) is 4.30. The van der Waals surface area contributed by atoms with E-state index in [-0.39, 0.29) is 11.9 Å². The lowest BCUT2D eigenvalue weighted by Crippen LogP contribution is -2.38. The minimum atomic E-state index is 0.128. The van der Waals surface area contributed by atoms with Crippen LogP contribution >= 0.6 is 0 Å². The molecule has 21 heavy (non-hydrogen) atoms. The third kappa shape index (κ3) is 2.60. The Kier molecular flexibility index (Phi) is 3.82. The summed E-state index contributed by atoms with van der Waals surface area (Å²) in [4.78, 5) is 11.6. The highest BCUT2D eigenvalue weighted by atomic mass is 16.5. The second-order valence-electron chi connectivity index (χ2n) is 5.63. The van der Waals surface area contributed by atoms with Crippen molar-refractivity contribution < 1.29 is 9.53 Å². The van der Waals surface area contributed by atoms with Crippen LogP contribution in [0.1, 0.15) is 30.9 Å². The zero-order valence-electron chi connectivity index (χ0n) is 12.6. The SMILES string of the molecule is CCC(=O)NC1CCc2cc3ccccc3c(OC)c2C1. The summed E-state index contributed by atoms with van der Waals surface area (Å²) in [6, 6.07) is 10.8. The Balaban J connectivity index is 2.00. The van der Waals surface area contributed by atoms with Gasteiger partial charge >= 0.3 is 0 Å². The van der Waals surface area contributed by atoms with Crippen LogP contribution in [-0.4, -0.2) is 19.1 Å². The first-order valence-corrected chi connectivity index (χ1v) is 7.59. The average Bonchev–Trinajstić information content (AvgIpc) is 2.52. The summed E-state index contributed by atoms with van der Waals surface area (Å²) >= 11 is 0. The number of nitrogens with one attached hydrogen (secondary N) is 1. The fraction of sp³-hybridized carbons (Fsp3) is 0.389. The summed E-state index contributed by atoms with van der Waals surface area (Å²) in [5.74, 6) is 1.10. The Labute approximate surface area is 125 Å². The number of methoxy groups -OCH3 is 1. The predicted octanol–water partition coefficient (Wildman–Crippen LogP) is 3.23. The molecule has 0 heterocycles. The van der Waals surface area contributed by atoms with E-state index in [2.05, 4.69) is 29.6 Å². The highest BCUT2D eigenvalue weighted by Crippen LogP contribution is 2.36. The van der Waals surface area contributed by atoms with Gasteiger partial charge in [-0.3, -0.25) is 4.79 Å². The van der Waals surface area contributed by atoms with E-state index < -0.39 is 0 Å². The summed E-state index contributed by atoms with van der Waals surface area (Å²) in [7, 11) is 1.73. The number of hydrogen-bond donors (Lipinski definition) is 1. The average molecular weight is 283 g/mol. The number of benzene rings is 2. The Hall–Kier alpha value is -2.03. The van der Waals surface area contributed by atoms with Crippen LogP contribution in [-0.2, 0) is 17.6 Å². The molecule has 3 nitrogen and oxygen atoms in total. The van der Waals surface area contributed by atoms with Gasteiger partial charge in [-0.25, -0.2) is 0 Å². The van der Waals surface area contributed by atoms with Gasteiger partial charge < -0.3 is 10.1 Å². The lowest BCUT2D eigenvalue weighted by Gasteiger charge is -2.27. The number of carbonyl (C=O) groups excluding carboxylic acids is 1. The van der Waals surface area contributed by atoms with Crippen molar-refractivity contribution in [2.24, 2.45) is 0 Å². The van der Waals surface area contributed by atoms with Gasteiger partial charge in [0.2, 0.25) is 5.91 Å². The second kappa shape index (κ2) is 5.76. The topological polar surface area (TPSA) is 38.3 Å². The molecule has 0 aromatic heterocycles. The van der Waals surface area contributed by atoms with Gasteiger partial charge in [0.25, 0.3) is 0 Å². The van der Waals surface area contributed by atoms with Gasteiger partial charge in [-0.2, -0.15) is 0 Å². The molecular formula is C18H21NO2. The first-order valence-electron chi connectivity index (χ1n) is 7.59. The molecule has 3 rings (SSSR count). The molecule has 1 N–H and O–H groups in total. The maximum atomic E-state index is 11.6. The van der Waals surface area contributed by atoms with E-state index in [1.54, 1.807) is 7.11 Å². The van der Waals surface area contributed by atoms with Crippen LogP contribution in [0.3, 0.4) is 0 Å². The van der Waals surface area contributed by atoms with Crippen LogP contribution in [0.5, 0.6) is 5.75 Å². The molecule has 2 aromatic rings. The highest BCUT2D eigenvalue weighted by molar-refractivity contribution is 5.91. The second-order valence-corrected chi connectivity index (χ2v) is 5.63. The summed E-state index contributed by atoms with van der Waals surface area (Å²) in [6.07, 6.45) is 3.39. The smallest absolute Gasteiger partial charge is 0.219 e. The lowest BCUT2D eigenvalue weighted by molar-refractivity contribution is -0.121. The van der Waals surface area contributed by atoms with Gasteiger partial charge in [0, 0.05) is 23.4 Å². The molecule has 1 atom stereocenters. The molecule has 0 saturated carbocycles. The molecule has 0 spiro atoms. The molecule has 0 radical (unpaired) electrons. The number of rotatable bonds is 3. The van der Waals surface area contributed by atoms with Crippen LogP contribution in [0, 0.1) is 0 Å². The van der Waals surface area contributed by atoms with Gasteiger partial charge in [0.05, 0.1) is 7.11 Å². The van der Waals surface area contributed by atoms with Gasteiger partial charge in [0.1, 0.15) is 5.75 Å². The molecule has 0 aliphatic heterocycles. The monoisotopic (exact) mass is 283 g/mol. The van der Waals surface area contributed by atoms with E-state index in [0.29, 0.717) is 6.42 Å². The number of amides is 1. The summed E-state index contributed by atoms with van der Waals surface area (Å²) in [5, 5.41) is 5.49. The van der Waals surface area contributed by atoms with Crippen molar-refractivity contribution in [1.29, 1.82) is 0 Å². The van der Waals surface area contributed by atoms with Gasteiger partial charge in [-0.1, -0.05) is 37.3 Å². The molecule has 3 heteroatoms. The molecule has 1 unspecified atom stereocenters. The summed E-state index contributed by atoms with van der Waals surface area (Å²) in [5.41, 5.74) is 2.61. The first kappa shape index (κ1) is 13.9. The first-order chi connectivity index (χ1) is 10.2. The van der Waals surface area contributed by atoms with E-state index in [1.165, 1.54) is 16.5 Å². The molecule has 1 aliphatic rings.